The van der Waals surface area contributed by atoms with Crippen LogP contribution in [0.3, 0.4) is 0 Å². The molecule has 2 N–H and O–H groups in total. The molecule has 3 aromatic carbocycles. The van der Waals surface area contributed by atoms with Crippen molar-refractivity contribution in [1.29, 1.82) is 0 Å². The van der Waals surface area contributed by atoms with Crippen molar-refractivity contribution in [2.45, 2.75) is 6.92 Å². The summed E-state index contributed by atoms with van der Waals surface area (Å²) < 4.78 is 0. The first kappa shape index (κ1) is 14.0. The number of hydrogen-bond acceptors (Lipinski definition) is 3. The highest BCUT2D eigenvalue weighted by atomic mass is 14.9. The lowest BCUT2D eigenvalue weighted by atomic mass is 10.1. The van der Waals surface area contributed by atoms with Crippen molar-refractivity contribution in [3.8, 4) is 0 Å². The molecule has 5 aromatic rings. The summed E-state index contributed by atoms with van der Waals surface area (Å²) in [5, 5.41) is 7.10. The number of benzene rings is 3. The highest BCUT2D eigenvalue weighted by Gasteiger charge is 2.11. The van der Waals surface area contributed by atoms with E-state index < -0.39 is 0 Å². The van der Waals surface area contributed by atoms with Gasteiger partial charge in [-0.1, -0.05) is 36.4 Å². The van der Waals surface area contributed by atoms with Gasteiger partial charge in [0.05, 0.1) is 11.2 Å². The molecule has 4 nitrogen and oxygen atoms in total. The zero-order valence-electron chi connectivity index (χ0n) is 13.7. The van der Waals surface area contributed by atoms with Crippen LogP contribution in [0.25, 0.3) is 32.7 Å². The first-order valence-corrected chi connectivity index (χ1v) is 8.27. The van der Waals surface area contributed by atoms with Crippen LogP contribution in [0.2, 0.25) is 0 Å². The van der Waals surface area contributed by atoms with Crippen LogP contribution in [0.15, 0.2) is 67.0 Å². The molecule has 0 radical (unpaired) electrons. The van der Waals surface area contributed by atoms with Crippen molar-refractivity contribution >= 4 is 44.1 Å². The molecule has 4 heteroatoms. The number of nitrogens with zero attached hydrogens (tertiary/aromatic N) is 2. The van der Waals surface area contributed by atoms with Gasteiger partial charge in [-0.05, 0) is 36.6 Å². The Morgan fingerprint density at radius 1 is 0.880 bits per heavy atom. The number of aryl methyl sites for hydroxylation is 1. The van der Waals surface area contributed by atoms with E-state index in [9.17, 15) is 0 Å². The maximum Gasteiger partial charge on any atom is 0.116 e. The van der Waals surface area contributed by atoms with Crippen molar-refractivity contribution in [3.05, 3.63) is 72.7 Å². The van der Waals surface area contributed by atoms with E-state index in [4.69, 9.17) is 0 Å². The van der Waals surface area contributed by atoms with E-state index in [0.29, 0.717) is 0 Å². The molecule has 0 atom stereocenters. The Labute approximate surface area is 144 Å². The molecule has 0 aliphatic carbocycles. The summed E-state index contributed by atoms with van der Waals surface area (Å²) in [5.74, 6) is 0. The number of pyridine rings is 1. The lowest BCUT2D eigenvalue weighted by Gasteiger charge is -2.14. The van der Waals surface area contributed by atoms with Crippen LogP contribution in [0.5, 0.6) is 0 Å². The van der Waals surface area contributed by atoms with Gasteiger partial charge in [0.1, 0.15) is 11.8 Å². The SMILES string of the molecule is Cc1cc(Nc2cccc3ccccc23)c2c(ccc3ncnc32)[nH]1. The predicted octanol–water partition coefficient (Wildman–Crippen LogP) is 5.32. The first-order valence-electron chi connectivity index (χ1n) is 8.27. The Morgan fingerprint density at radius 3 is 2.72 bits per heavy atom. The van der Waals surface area contributed by atoms with Gasteiger partial charge >= 0.3 is 0 Å². The predicted molar refractivity (Wildman–Crippen MR) is 103 cm³/mol. The van der Waals surface area contributed by atoms with Crippen LogP contribution in [-0.2, 0) is 0 Å². The summed E-state index contributed by atoms with van der Waals surface area (Å²) in [7, 11) is 0. The second-order valence-electron chi connectivity index (χ2n) is 6.25. The molecule has 0 unspecified atom stereocenters. The van der Waals surface area contributed by atoms with Crippen LogP contribution in [-0.4, -0.2) is 15.0 Å². The van der Waals surface area contributed by atoms with E-state index in [1.165, 1.54) is 10.8 Å². The smallest absolute Gasteiger partial charge is 0.116 e. The number of aromatic nitrogens is 3. The van der Waals surface area contributed by atoms with Crippen molar-refractivity contribution in [2.24, 2.45) is 0 Å². The number of rotatable bonds is 2. The fourth-order valence-electron chi connectivity index (χ4n) is 3.46. The molecular weight excluding hydrogens is 308 g/mol. The molecule has 0 saturated carbocycles. The number of fused-ring (bicyclic) bond motifs is 4. The Morgan fingerprint density at radius 2 is 1.76 bits per heavy atom. The molecule has 5 rings (SSSR count). The maximum atomic E-state index is 4.47. The molecule has 0 aliphatic rings. The summed E-state index contributed by atoms with van der Waals surface area (Å²) in [6.45, 7) is 2.06. The number of imidazole rings is 1. The highest BCUT2D eigenvalue weighted by Crippen LogP contribution is 2.33. The Bertz CT molecular complexity index is 1230. The van der Waals surface area contributed by atoms with Crippen LogP contribution in [0.4, 0.5) is 11.4 Å². The standard InChI is InChI=1S/C21H16N4/c1-13-11-19(20-17(24-13)9-10-18-21(20)23-12-22-18)25-16-8-4-6-14-5-2-3-7-15(14)16/h2-12,24-25H,1H3. The molecule has 0 aliphatic heterocycles. The van der Waals surface area contributed by atoms with Crippen LogP contribution in [0, 0.1) is 6.92 Å². The average Bonchev–Trinajstić information content (AvgIpc) is 3.10. The number of anilines is 2. The van der Waals surface area contributed by atoms with Gasteiger partial charge in [0.25, 0.3) is 0 Å². The summed E-state index contributed by atoms with van der Waals surface area (Å²) in [4.78, 5) is 12.2. The normalized spacial score (nSPS) is 11.4. The molecule has 2 heterocycles. The zero-order valence-corrected chi connectivity index (χ0v) is 13.7. The maximum absolute atomic E-state index is 4.47. The van der Waals surface area contributed by atoms with Gasteiger partial charge in [-0.2, -0.15) is 0 Å². The van der Waals surface area contributed by atoms with Crippen molar-refractivity contribution in [3.63, 3.8) is 0 Å². The van der Waals surface area contributed by atoms with Gasteiger partial charge in [0.2, 0.25) is 0 Å². The number of aromatic amines is 1. The third kappa shape index (κ3) is 2.22. The molecule has 0 bridgehead atoms. The van der Waals surface area contributed by atoms with Crippen molar-refractivity contribution in [1.82, 2.24) is 15.0 Å². The highest BCUT2D eigenvalue weighted by molar-refractivity contribution is 6.11. The topological polar surface area (TPSA) is 53.6 Å². The van der Waals surface area contributed by atoms with Gasteiger partial charge in [0.15, 0.2) is 0 Å². The minimum absolute atomic E-state index is 0.908. The van der Waals surface area contributed by atoms with E-state index in [2.05, 4.69) is 81.8 Å². The number of H-pyrrole nitrogens is 1. The quantitative estimate of drug-likeness (QED) is 0.462. The Hall–Kier alpha value is -3.40. The zero-order chi connectivity index (χ0) is 16.8. The van der Waals surface area contributed by atoms with Gasteiger partial charge in [-0.3, -0.25) is 0 Å². The second kappa shape index (κ2) is 5.31. The van der Waals surface area contributed by atoms with E-state index in [1.807, 2.05) is 6.07 Å². The van der Waals surface area contributed by atoms with Crippen LogP contribution >= 0.6 is 0 Å². The first-order chi connectivity index (χ1) is 12.3. The second-order valence-corrected chi connectivity index (χ2v) is 6.25. The van der Waals surface area contributed by atoms with Gasteiger partial charge in [-0.25, -0.2) is 9.97 Å². The van der Waals surface area contributed by atoms with E-state index >= 15 is 0 Å². The third-order valence-electron chi connectivity index (χ3n) is 4.56. The van der Waals surface area contributed by atoms with E-state index in [1.54, 1.807) is 6.33 Å². The molecule has 25 heavy (non-hydrogen) atoms. The van der Waals surface area contributed by atoms with E-state index in [-0.39, 0.29) is 0 Å². The summed E-state index contributed by atoms with van der Waals surface area (Å²) in [6.07, 6.45) is 1.62. The monoisotopic (exact) mass is 324 g/mol. The van der Waals surface area contributed by atoms with E-state index in [0.717, 1.165) is 39.0 Å². The lowest BCUT2D eigenvalue weighted by Crippen LogP contribution is -1.96. The summed E-state index contributed by atoms with van der Waals surface area (Å²) in [5.41, 5.74) is 6.09. The Balaban J connectivity index is 1.78. The molecule has 0 amide bonds. The third-order valence-corrected chi connectivity index (χ3v) is 4.56. The molecule has 0 spiro atoms. The number of nitrogens with one attached hydrogen (secondary N) is 2. The molecule has 120 valence electrons. The van der Waals surface area contributed by atoms with Gasteiger partial charge < -0.3 is 10.3 Å². The lowest BCUT2D eigenvalue weighted by molar-refractivity contribution is 1.26. The molecular formula is C21H16N4. The largest absolute Gasteiger partial charge is 0.358 e. The molecule has 2 aromatic heterocycles. The van der Waals surface area contributed by atoms with Gasteiger partial charge in [0, 0.05) is 27.7 Å². The van der Waals surface area contributed by atoms with Crippen LogP contribution < -0.4 is 5.32 Å². The average molecular weight is 324 g/mol. The fourth-order valence-corrected chi connectivity index (χ4v) is 3.46. The van der Waals surface area contributed by atoms with Crippen LogP contribution in [0.1, 0.15) is 5.69 Å². The van der Waals surface area contributed by atoms with Crippen molar-refractivity contribution < 1.29 is 0 Å². The minimum atomic E-state index is 0.908. The van der Waals surface area contributed by atoms with Gasteiger partial charge in [-0.15, -0.1) is 0 Å². The molecule has 0 saturated heterocycles. The summed E-state index contributed by atoms with van der Waals surface area (Å²) in [6, 6.07) is 20.9. The van der Waals surface area contributed by atoms with Crippen molar-refractivity contribution in [2.75, 3.05) is 5.32 Å². The minimum Gasteiger partial charge on any atom is -0.358 e. The fraction of sp³-hybridized carbons (Fsp3) is 0.0476. The summed E-state index contributed by atoms with van der Waals surface area (Å²) >= 11 is 0. The Kier molecular flexibility index (Phi) is 2.97. The molecule has 0 fully saturated rings. The number of hydrogen-bond donors (Lipinski definition) is 2.